The average molecular weight is 447 g/mol. The second kappa shape index (κ2) is 10.2. The zero-order chi connectivity index (χ0) is 22.5. The molecule has 0 N–H and O–H groups in total. The van der Waals surface area contributed by atoms with Gasteiger partial charge in [-0.25, -0.2) is 0 Å². The molecule has 3 nitrogen and oxygen atoms in total. The summed E-state index contributed by atoms with van der Waals surface area (Å²) in [5, 5.41) is 0.688. The number of hydrogen-bond donors (Lipinski definition) is 0. The van der Waals surface area contributed by atoms with Crippen molar-refractivity contribution in [2.75, 3.05) is 45.7 Å². The van der Waals surface area contributed by atoms with E-state index >= 15 is 0 Å². The van der Waals surface area contributed by atoms with E-state index in [0.717, 1.165) is 31.8 Å². The lowest BCUT2D eigenvalue weighted by Crippen LogP contribution is -2.29. The van der Waals surface area contributed by atoms with Crippen molar-refractivity contribution in [3.05, 3.63) is 100 Å². The topological polar surface area (TPSA) is 15.7 Å². The van der Waals surface area contributed by atoms with Gasteiger partial charge in [0.15, 0.2) is 0 Å². The molecule has 1 heterocycles. The minimum absolute atomic E-state index is 0.285. The Morgan fingerprint density at radius 3 is 2.50 bits per heavy atom. The number of rotatable bonds is 6. The number of fused-ring (bicyclic) bond motifs is 1. The molecule has 4 heteroatoms. The molecule has 0 aliphatic carbocycles. The summed E-state index contributed by atoms with van der Waals surface area (Å²) in [6.45, 7) is 2.88. The van der Waals surface area contributed by atoms with Crippen molar-refractivity contribution in [2.45, 2.75) is 12.3 Å². The molecule has 3 aromatic rings. The van der Waals surface area contributed by atoms with E-state index in [1.807, 2.05) is 0 Å². The van der Waals surface area contributed by atoms with Gasteiger partial charge in [0.05, 0.1) is 12.1 Å². The molecular weight excluding hydrogens is 416 g/mol. The summed E-state index contributed by atoms with van der Waals surface area (Å²) in [6.07, 6.45) is 5.47. The van der Waals surface area contributed by atoms with E-state index in [9.17, 15) is 0 Å². The van der Waals surface area contributed by atoms with Gasteiger partial charge in [0.2, 0.25) is 0 Å². The molecule has 166 valence electrons. The first-order chi connectivity index (χ1) is 15.5. The van der Waals surface area contributed by atoms with Crippen molar-refractivity contribution in [1.82, 2.24) is 4.90 Å². The summed E-state index contributed by atoms with van der Waals surface area (Å²) < 4.78 is 5.54. The van der Waals surface area contributed by atoms with Crippen LogP contribution < -0.4 is 9.64 Å². The van der Waals surface area contributed by atoms with Crippen molar-refractivity contribution >= 4 is 23.4 Å². The first-order valence-electron chi connectivity index (χ1n) is 11.1. The van der Waals surface area contributed by atoms with Gasteiger partial charge in [0.25, 0.3) is 0 Å². The number of benzene rings is 3. The van der Waals surface area contributed by atoms with Crippen LogP contribution in [0.3, 0.4) is 0 Å². The molecule has 0 bridgehead atoms. The van der Waals surface area contributed by atoms with Crippen LogP contribution in [0.4, 0.5) is 5.69 Å². The van der Waals surface area contributed by atoms with Gasteiger partial charge in [-0.05, 0) is 52.9 Å². The largest absolute Gasteiger partial charge is 0.495 e. The molecule has 0 fully saturated rings. The smallest absolute Gasteiger partial charge is 0.137 e. The molecule has 1 aliphatic heterocycles. The Bertz CT molecular complexity index is 1060. The van der Waals surface area contributed by atoms with Crippen LogP contribution in [-0.4, -0.2) is 45.7 Å². The molecule has 0 radical (unpaired) electrons. The highest BCUT2D eigenvalue weighted by Gasteiger charge is 2.25. The van der Waals surface area contributed by atoms with Gasteiger partial charge in [0.1, 0.15) is 5.75 Å². The highest BCUT2D eigenvalue weighted by atomic mass is 35.5. The Kier molecular flexibility index (Phi) is 7.19. The van der Waals surface area contributed by atoms with E-state index in [2.05, 4.69) is 103 Å². The molecular formula is C28H31ClN2O. The molecule has 4 rings (SSSR count). The third kappa shape index (κ3) is 5.17. The lowest BCUT2D eigenvalue weighted by atomic mass is 9.88. The van der Waals surface area contributed by atoms with Crippen LogP contribution in [0.5, 0.6) is 5.75 Å². The summed E-state index contributed by atoms with van der Waals surface area (Å²) in [4.78, 5) is 4.65. The molecule has 3 aromatic carbocycles. The maximum atomic E-state index is 6.47. The fourth-order valence-corrected chi connectivity index (χ4v) is 4.66. The molecule has 0 saturated heterocycles. The number of nitrogens with zero attached hydrogens (tertiary/aromatic N) is 2. The lowest BCUT2D eigenvalue weighted by molar-refractivity contribution is 0.306. The van der Waals surface area contributed by atoms with Crippen molar-refractivity contribution in [1.29, 1.82) is 0 Å². The third-order valence-corrected chi connectivity index (χ3v) is 6.51. The van der Waals surface area contributed by atoms with E-state index < -0.39 is 0 Å². The Morgan fingerprint density at radius 1 is 1.06 bits per heavy atom. The predicted octanol–water partition coefficient (Wildman–Crippen LogP) is 6.12. The highest BCUT2D eigenvalue weighted by Crippen LogP contribution is 2.37. The summed E-state index contributed by atoms with van der Waals surface area (Å²) in [5.41, 5.74) is 6.41. The predicted molar refractivity (Wildman–Crippen MR) is 136 cm³/mol. The number of halogens is 1. The molecule has 0 saturated carbocycles. The van der Waals surface area contributed by atoms with Gasteiger partial charge in [-0.15, -0.1) is 0 Å². The van der Waals surface area contributed by atoms with Crippen LogP contribution >= 0.6 is 11.6 Å². The summed E-state index contributed by atoms with van der Waals surface area (Å²) in [5.74, 6) is 1.04. The van der Waals surface area contributed by atoms with Gasteiger partial charge >= 0.3 is 0 Å². The van der Waals surface area contributed by atoms with Gasteiger partial charge in [0, 0.05) is 45.3 Å². The molecule has 0 amide bonds. The molecule has 0 aromatic heterocycles. The fourth-order valence-electron chi connectivity index (χ4n) is 4.39. The fraction of sp³-hybridized carbons (Fsp3) is 0.286. The first-order valence-corrected chi connectivity index (χ1v) is 11.5. The van der Waals surface area contributed by atoms with Crippen LogP contribution in [0.15, 0.2) is 72.8 Å². The maximum absolute atomic E-state index is 6.47. The molecule has 1 atom stereocenters. The zero-order valence-corrected chi connectivity index (χ0v) is 19.8. The highest BCUT2D eigenvalue weighted by molar-refractivity contribution is 6.32. The van der Waals surface area contributed by atoms with E-state index in [0.29, 0.717) is 5.02 Å². The molecule has 1 aliphatic rings. The number of hydrogen-bond acceptors (Lipinski definition) is 3. The minimum atomic E-state index is 0.285. The average Bonchev–Trinajstić information content (AvgIpc) is 2.98. The second-order valence-electron chi connectivity index (χ2n) is 8.55. The minimum Gasteiger partial charge on any atom is -0.495 e. The Hall–Kier alpha value is -2.75. The SMILES string of the molecule is COc1cc2c(cc1Cl)CCN(C/C=C/c1ccc(N(C)C)cc1)C[C@H]2c1ccccc1. The van der Waals surface area contributed by atoms with Crippen molar-refractivity contribution in [2.24, 2.45) is 0 Å². The normalized spacial score (nSPS) is 16.6. The van der Waals surface area contributed by atoms with E-state index in [1.165, 1.54) is 27.9 Å². The lowest BCUT2D eigenvalue weighted by Gasteiger charge is -2.24. The van der Waals surface area contributed by atoms with Gasteiger partial charge in [-0.1, -0.05) is 66.2 Å². The van der Waals surface area contributed by atoms with Crippen LogP contribution in [0.25, 0.3) is 6.08 Å². The summed E-state index contributed by atoms with van der Waals surface area (Å²) in [7, 11) is 5.81. The second-order valence-corrected chi connectivity index (χ2v) is 8.95. The zero-order valence-electron chi connectivity index (χ0n) is 19.1. The van der Waals surface area contributed by atoms with Crippen molar-refractivity contribution in [3.63, 3.8) is 0 Å². The van der Waals surface area contributed by atoms with Gasteiger partial charge < -0.3 is 9.64 Å². The molecule has 0 spiro atoms. The standard InChI is InChI=1S/C28H31ClN2O/c1-30(2)24-13-11-21(12-14-24)8-7-16-31-17-15-23-18-27(29)28(32-3)19-25(23)26(20-31)22-9-5-4-6-10-22/h4-14,18-19,26H,15-17,20H2,1-3H3/b8-7+/t26-/m0/s1. The molecule has 32 heavy (non-hydrogen) atoms. The molecule has 0 unspecified atom stereocenters. The van der Waals surface area contributed by atoms with Crippen LogP contribution in [0.1, 0.15) is 28.2 Å². The summed E-state index contributed by atoms with van der Waals surface area (Å²) in [6, 6.07) is 23.7. The number of anilines is 1. The van der Waals surface area contributed by atoms with Crippen LogP contribution in [-0.2, 0) is 6.42 Å². The van der Waals surface area contributed by atoms with Crippen molar-refractivity contribution < 1.29 is 4.74 Å². The third-order valence-electron chi connectivity index (χ3n) is 6.21. The number of methoxy groups -OCH3 is 1. The van der Waals surface area contributed by atoms with E-state index in [1.54, 1.807) is 7.11 Å². The quantitative estimate of drug-likeness (QED) is 0.453. The van der Waals surface area contributed by atoms with Crippen LogP contribution in [0, 0.1) is 0 Å². The van der Waals surface area contributed by atoms with Crippen LogP contribution in [0.2, 0.25) is 5.02 Å². The monoisotopic (exact) mass is 446 g/mol. The maximum Gasteiger partial charge on any atom is 0.137 e. The first kappa shape index (κ1) is 22.4. The van der Waals surface area contributed by atoms with E-state index in [4.69, 9.17) is 16.3 Å². The Balaban J connectivity index is 1.55. The summed E-state index contributed by atoms with van der Waals surface area (Å²) >= 11 is 6.47. The van der Waals surface area contributed by atoms with E-state index in [-0.39, 0.29) is 5.92 Å². The van der Waals surface area contributed by atoms with Crippen molar-refractivity contribution in [3.8, 4) is 5.75 Å². The van der Waals surface area contributed by atoms with Gasteiger partial charge in [-0.2, -0.15) is 0 Å². The number of ether oxygens (including phenoxy) is 1. The Labute approximate surface area is 196 Å². The Morgan fingerprint density at radius 2 is 1.81 bits per heavy atom. The van der Waals surface area contributed by atoms with Gasteiger partial charge in [-0.3, -0.25) is 4.90 Å².